The van der Waals surface area contributed by atoms with E-state index in [-0.39, 0.29) is 23.1 Å². The lowest BCUT2D eigenvalue weighted by molar-refractivity contribution is 0.470. The second-order valence-corrected chi connectivity index (χ2v) is 4.11. The van der Waals surface area contributed by atoms with Gasteiger partial charge < -0.3 is 10.8 Å². The lowest BCUT2D eigenvalue weighted by Crippen LogP contribution is -2.08. The number of aromatic nitrogens is 2. The van der Waals surface area contributed by atoms with E-state index in [1.807, 2.05) is 12.1 Å². The van der Waals surface area contributed by atoms with E-state index in [0.717, 1.165) is 5.56 Å². The highest BCUT2D eigenvalue weighted by Crippen LogP contribution is 2.26. The van der Waals surface area contributed by atoms with Crippen molar-refractivity contribution in [3.05, 3.63) is 48.9 Å². The van der Waals surface area contributed by atoms with Crippen LogP contribution < -0.4 is 5.73 Å². The van der Waals surface area contributed by atoms with Crippen molar-refractivity contribution in [1.29, 1.82) is 0 Å². The maximum Gasteiger partial charge on any atom is 0.220 e. The molecule has 106 valence electrons. The maximum absolute atomic E-state index is 9.91. The zero-order chi connectivity index (χ0) is 15.2. The fraction of sp³-hybridized carbons (Fsp3) is 0.0667. The number of aliphatic imine (C=N–C) groups is 2. The summed E-state index contributed by atoms with van der Waals surface area (Å²) in [5.74, 6) is 0.0279. The SMILES string of the molecule is C=C(N=C(N)N=CC)c1nc(-c2cccnc2)ccc1O. The molecule has 2 aromatic heterocycles. The van der Waals surface area contributed by atoms with Gasteiger partial charge in [0.2, 0.25) is 5.96 Å². The Labute approximate surface area is 122 Å². The number of rotatable bonds is 3. The first-order valence-electron chi connectivity index (χ1n) is 6.24. The van der Waals surface area contributed by atoms with Crippen LogP contribution in [0.1, 0.15) is 12.6 Å². The second-order valence-electron chi connectivity index (χ2n) is 4.11. The molecule has 2 heterocycles. The summed E-state index contributed by atoms with van der Waals surface area (Å²) in [5, 5.41) is 9.91. The van der Waals surface area contributed by atoms with Gasteiger partial charge in [0, 0.05) is 24.2 Å². The molecule has 2 rings (SSSR count). The van der Waals surface area contributed by atoms with Crippen molar-refractivity contribution in [3.63, 3.8) is 0 Å². The van der Waals surface area contributed by atoms with Crippen LogP contribution in [-0.4, -0.2) is 27.2 Å². The van der Waals surface area contributed by atoms with Crippen LogP contribution in [0.4, 0.5) is 0 Å². The highest BCUT2D eigenvalue weighted by molar-refractivity contribution is 5.90. The van der Waals surface area contributed by atoms with Crippen LogP contribution in [0, 0.1) is 0 Å². The zero-order valence-electron chi connectivity index (χ0n) is 11.6. The third kappa shape index (κ3) is 3.50. The summed E-state index contributed by atoms with van der Waals surface area (Å²) in [7, 11) is 0. The quantitative estimate of drug-likeness (QED) is 0.666. The van der Waals surface area contributed by atoms with Crippen molar-refractivity contribution < 1.29 is 5.11 Å². The Morgan fingerprint density at radius 2 is 2.19 bits per heavy atom. The number of hydrogen-bond donors (Lipinski definition) is 2. The van der Waals surface area contributed by atoms with Crippen LogP contribution in [-0.2, 0) is 0 Å². The molecule has 0 fully saturated rings. The number of guanidine groups is 1. The standard InChI is InChI=1S/C15H15N5O/c1-3-18-15(16)19-10(2)14-13(21)7-6-12(20-14)11-5-4-8-17-9-11/h3-9,21H,2H2,1H3,(H2,16,19). The van der Waals surface area contributed by atoms with Gasteiger partial charge in [0.05, 0.1) is 11.4 Å². The van der Waals surface area contributed by atoms with Gasteiger partial charge >= 0.3 is 0 Å². The summed E-state index contributed by atoms with van der Waals surface area (Å²) >= 11 is 0. The predicted octanol–water partition coefficient (Wildman–Crippen LogP) is 2.23. The van der Waals surface area contributed by atoms with E-state index in [4.69, 9.17) is 5.73 Å². The van der Waals surface area contributed by atoms with E-state index < -0.39 is 0 Å². The van der Waals surface area contributed by atoms with Crippen molar-refractivity contribution in [2.24, 2.45) is 15.7 Å². The highest BCUT2D eigenvalue weighted by atomic mass is 16.3. The van der Waals surface area contributed by atoms with Gasteiger partial charge in [-0.25, -0.2) is 15.0 Å². The molecule has 0 saturated heterocycles. The van der Waals surface area contributed by atoms with E-state index >= 15 is 0 Å². The second kappa shape index (κ2) is 6.42. The van der Waals surface area contributed by atoms with Crippen LogP contribution in [0.5, 0.6) is 5.75 Å². The molecule has 0 aliphatic heterocycles. The molecule has 0 atom stereocenters. The third-order valence-corrected chi connectivity index (χ3v) is 2.62. The average Bonchev–Trinajstić information content (AvgIpc) is 2.48. The molecule has 3 N–H and O–H groups in total. The first-order chi connectivity index (χ1) is 10.1. The molecule has 0 bridgehead atoms. The molecule has 0 aromatic carbocycles. The lowest BCUT2D eigenvalue weighted by atomic mass is 10.1. The summed E-state index contributed by atoms with van der Waals surface area (Å²) < 4.78 is 0. The topological polar surface area (TPSA) is 96.8 Å². The third-order valence-electron chi connectivity index (χ3n) is 2.62. The molecule has 0 spiro atoms. The van der Waals surface area contributed by atoms with E-state index in [0.29, 0.717) is 5.69 Å². The molecule has 0 unspecified atom stereocenters. The first-order valence-corrected chi connectivity index (χ1v) is 6.24. The minimum atomic E-state index is -0.0235. The molecule has 6 heteroatoms. The molecular formula is C15H15N5O. The molecule has 0 radical (unpaired) electrons. The Balaban J connectivity index is 2.41. The molecule has 0 aliphatic rings. The highest BCUT2D eigenvalue weighted by Gasteiger charge is 2.10. The summed E-state index contributed by atoms with van der Waals surface area (Å²) in [6.07, 6.45) is 4.88. The van der Waals surface area contributed by atoms with Crippen LogP contribution in [0.15, 0.2) is 53.2 Å². The number of nitrogens with zero attached hydrogens (tertiary/aromatic N) is 4. The zero-order valence-corrected chi connectivity index (χ0v) is 11.6. The minimum absolute atomic E-state index is 0.0235. The van der Waals surface area contributed by atoms with Gasteiger partial charge in [-0.2, -0.15) is 0 Å². The molecular weight excluding hydrogens is 266 g/mol. The van der Waals surface area contributed by atoms with Gasteiger partial charge in [0.1, 0.15) is 11.4 Å². The van der Waals surface area contributed by atoms with Gasteiger partial charge in [-0.05, 0) is 31.2 Å². The van der Waals surface area contributed by atoms with Crippen molar-refractivity contribution in [1.82, 2.24) is 9.97 Å². The monoisotopic (exact) mass is 281 g/mol. The van der Waals surface area contributed by atoms with Crippen LogP contribution in [0.25, 0.3) is 17.0 Å². The van der Waals surface area contributed by atoms with Gasteiger partial charge in [-0.15, -0.1) is 0 Å². The average molecular weight is 281 g/mol. The Kier molecular flexibility index (Phi) is 4.40. The van der Waals surface area contributed by atoms with Crippen LogP contribution in [0.3, 0.4) is 0 Å². The Morgan fingerprint density at radius 3 is 2.86 bits per heavy atom. The summed E-state index contributed by atoms with van der Waals surface area (Å²) in [6, 6.07) is 6.91. The number of nitrogens with two attached hydrogens (primary N) is 1. The Hall–Kier alpha value is -3.02. The first kappa shape index (κ1) is 14.4. The van der Waals surface area contributed by atoms with Crippen LogP contribution >= 0.6 is 0 Å². The predicted molar refractivity (Wildman–Crippen MR) is 84.0 cm³/mol. The van der Waals surface area contributed by atoms with Gasteiger partial charge in [-0.1, -0.05) is 6.58 Å². The smallest absolute Gasteiger partial charge is 0.220 e. The van der Waals surface area contributed by atoms with Crippen molar-refractivity contribution in [2.45, 2.75) is 6.92 Å². The molecule has 0 aliphatic carbocycles. The van der Waals surface area contributed by atoms with Crippen molar-refractivity contribution in [2.75, 3.05) is 0 Å². The number of hydrogen-bond acceptors (Lipinski definition) is 4. The molecule has 0 amide bonds. The van der Waals surface area contributed by atoms with Gasteiger partial charge in [0.25, 0.3) is 0 Å². The number of pyridine rings is 2. The molecule has 6 nitrogen and oxygen atoms in total. The molecule has 0 saturated carbocycles. The largest absolute Gasteiger partial charge is 0.506 e. The van der Waals surface area contributed by atoms with E-state index in [2.05, 4.69) is 26.5 Å². The maximum atomic E-state index is 9.91. The summed E-state index contributed by atoms with van der Waals surface area (Å²) in [6.45, 7) is 5.49. The van der Waals surface area contributed by atoms with Crippen molar-refractivity contribution >= 4 is 17.9 Å². The van der Waals surface area contributed by atoms with E-state index in [1.54, 1.807) is 25.4 Å². The minimum Gasteiger partial charge on any atom is -0.506 e. The van der Waals surface area contributed by atoms with E-state index in [9.17, 15) is 5.11 Å². The van der Waals surface area contributed by atoms with Gasteiger partial charge in [-0.3, -0.25) is 4.98 Å². The molecule has 2 aromatic rings. The number of aromatic hydroxyl groups is 1. The Bertz CT molecular complexity index is 707. The van der Waals surface area contributed by atoms with Crippen molar-refractivity contribution in [3.8, 4) is 17.0 Å². The lowest BCUT2D eigenvalue weighted by Gasteiger charge is -2.06. The summed E-state index contributed by atoms with van der Waals surface area (Å²) in [4.78, 5) is 16.2. The van der Waals surface area contributed by atoms with Crippen LogP contribution in [0.2, 0.25) is 0 Å². The van der Waals surface area contributed by atoms with Gasteiger partial charge in [0.15, 0.2) is 0 Å². The Morgan fingerprint density at radius 1 is 1.38 bits per heavy atom. The summed E-state index contributed by atoms with van der Waals surface area (Å²) in [5.41, 5.74) is 7.57. The molecule has 21 heavy (non-hydrogen) atoms. The normalized spacial score (nSPS) is 11.8. The van der Waals surface area contributed by atoms with E-state index in [1.165, 1.54) is 12.3 Å². The fourth-order valence-corrected chi connectivity index (χ4v) is 1.69. The fourth-order valence-electron chi connectivity index (χ4n) is 1.69.